The first-order chi connectivity index (χ1) is 19.4. The molecule has 0 aromatic heterocycles. The molecule has 1 atom stereocenters. The highest BCUT2D eigenvalue weighted by atomic mass is 16.5. The zero-order valence-electron chi connectivity index (χ0n) is 21.2. The molecule has 4 aromatic carbocycles. The maximum absolute atomic E-state index is 12.6. The van der Waals surface area contributed by atoms with Gasteiger partial charge in [0.2, 0.25) is 0 Å². The summed E-state index contributed by atoms with van der Waals surface area (Å²) < 4.78 is 5.50. The number of ether oxygens (including phenoxy) is 1. The first kappa shape index (κ1) is 26.3. The van der Waals surface area contributed by atoms with Gasteiger partial charge in [0.15, 0.2) is 0 Å². The molecular weight excluding hydrogens is 510 g/mol. The van der Waals surface area contributed by atoms with Crippen LogP contribution in [-0.2, 0) is 16.0 Å². The molecule has 0 spiro atoms. The Labute approximate surface area is 229 Å². The molecule has 5 rings (SSSR count). The summed E-state index contributed by atoms with van der Waals surface area (Å²) >= 11 is 0. The standard InChI is InChI=1S/C31H25N3O6/c35-29(36)20-6-5-7-22(17-20)34-33-21-14-12-19(13-15-21)16-28(30(37)38)32-31(39)40-18-27-25-10-3-1-8-23(25)24-9-2-4-11-26(24)27/h1-15,17,27-28H,16,18H2,(H,32,39)(H,35,36)(H,37,38). The van der Waals surface area contributed by atoms with Crippen LogP contribution in [0.3, 0.4) is 0 Å². The largest absolute Gasteiger partial charge is 0.480 e. The van der Waals surface area contributed by atoms with Crippen molar-refractivity contribution < 1.29 is 29.3 Å². The van der Waals surface area contributed by atoms with Gasteiger partial charge in [-0.25, -0.2) is 14.4 Å². The van der Waals surface area contributed by atoms with Gasteiger partial charge in [0, 0.05) is 12.3 Å². The van der Waals surface area contributed by atoms with Crippen molar-refractivity contribution >= 4 is 29.4 Å². The number of aliphatic carboxylic acids is 1. The Morgan fingerprint density at radius 3 is 2.02 bits per heavy atom. The summed E-state index contributed by atoms with van der Waals surface area (Å²) in [6, 6.07) is 27.5. The molecule has 0 bridgehead atoms. The van der Waals surface area contributed by atoms with E-state index < -0.39 is 24.1 Å². The van der Waals surface area contributed by atoms with Crippen molar-refractivity contribution in [1.29, 1.82) is 0 Å². The zero-order valence-corrected chi connectivity index (χ0v) is 21.2. The highest BCUT2D eigenvalue weighted by Crippen LogP contribution is 2.44. The molecule has 200 valence electrons. The second-order valence-corrected chi connectivity index (χ2v) is 9.29. The monoisotopic (exact) mass is 535 g/mol. The van der Waals surface area contributed by atoms with Gasteiger partial charge in [0.25, 0.3) is 0 Å². The summed E-state index contributed by atoms with van der Waals surface area (Å²) in [6.07, 6.45) is -0.763. The molecule has 1 aliphatic carbocycles. The van der Waals surface area contributed by atoms with E-state index in [9.17, 15) is 19.5 Å². The van der Waals surface area contributed by atoms with Crippen LogP contribution in [0.4, 0.5) is 16.2 Å². The van der Waals surface area contributed by atoms with E-state index in [0.29, 0.717) is 16.9 Å². The maximum Gasteiger partial charge on any atom is 0.407 e. The number of rotatable bonds is 9. The molecule has 1 unspecified atom stereocenters. The number of fused-ring (bicyclic) bond motifs is 3. The van der Waals surface area contributed by atoms with Crippen LogP contribution in [0.15, 0.2) is 107 Å². The average molecular weight is 536 g/mol. The van der Waals surface area contributed by atoms with Gasteiger partial charge < -0.3 is 20.3 Å². The molecule has 9 heteroatoms. The summed E-state index contributed by atoms with van der Waals surface area (Å²) in [6.45, 7) is 0.0846. The zero-order chi connectivity index (χ0) is 28.1. The fourth-order valence-electron chi connectivity index (χ4n) is 4.73. The molecule has 0 saturated carbocycles. The third kappa shape index (κ3) is 5.88. The third-order valence-electron chi connectivity index (χ3n) is 6.68. The lowest BCUT2D eigenvalue weighted by Crippen LogP contribution is -2.42. The van der Waals surface area contributed by atoms with E-state index in [1.165, 1.54) is 12.1 Å². The van der Waals surface area contributed by atoms with Gasteiger partial charge in [-0.05, 0) is 58.1 Å². The molecule has 9 nitrogen and oxygen atoms in total. The minimum Gasteiger partial charge on any atom is -0.480 e. The van der Waals surface area contributed by atoms with Crippen molar-refractivity contribution in [3.05, 3.63) is 119 Å². The molecule has 4 aromatic rings. The summed E-state index contributed by atoms with van der Waals surface area (Å²) in [5, 5.41) is 29.4. The lowest BCUT2D eigenvalue weighted by molar-refractivity contribution is -0.139. The highest BCUT2D eigenvalue weighted by molar-refractivity contribution is 5.88. The van der Waals surface area contributed by atoms with Gasteiger partial charge in [-0.1, -0.05) is 66.7 Å². The Bertz CT molecular complexity index is 1550. The van der Waals surface area contributed by atoms with Crippen molar-refractivity contribution in [2.45, 2.75) is 18.4 Å². The SMILES string of the molecule is O=C(NC(Cc1ccc(N=Nc2cccc(C(=O)O)c2)cc1)C(=O)O)OCC1c2ccccc2-c2ccccc21. The Hall–Kier alpha value is -5.31. The first-order valence-electron chi connectivity index (χ1n) is 12.6. The van der Waals surface area contributed by atoms with Crippen molar-refractivity contribution in [2.24, 2.45) is 10.2 Å². The molecule has 0 radical (unpaired) electrons. The number of carboxylic acid groups (broad SMARTS) is 2. The number of nitrogens with zero attached hydrogens (tertiary/aromatic N) is 2. The molecular formula is C31H25N3O6. The van der Waals surface area contributed by atoms with Crippen LogP contribution >= 0.6 is 0 Å². The van der Waals surface area contributed by atoms with Crippen LogP contribution in [0.5, 0.6) is 0 Å². The quantitative estimate of drug-likeness (QED) is 0.214. The highest BCUT2D eigenvalue weighted by Gasteiger charge is 2.29. The van der Waals surface area contributed by atoms with E-state index in [-0.39, 0.29) is 24.5 Å². The van der Waals surface area contributed by atoms with Gasteiger partial charge >= 0.3 is 18.0 Å². The molecule has 0 fully saturated rings. The molecule has 0 aliphatic heterocycles. The van der Waals surface area contributed by atoms with Gasteiger partial charge in [0.05, 0.1) is 16.9 Å². The summed E-state index contributed by atoms with van der Waals surface area (Å²) in [4.78, 5) is 35.6. The fraction of sp³-hybridized carbons (Fsp3) is 0.129. The Kier molecular flexibility index (Phi) is 7.63. The Morgan fingerprint density at radius 2 is 1.40 bits per heavy atom. The fourth-order valence-corrected chi connectivity index (χ4v) is 4.73. The molecule has 0 heterocycles. The van der Waals surface area contributed by atoms with E-state index in [1.54, 1.807) is 36.4 Å². The number of carbonyl (C=O) groups is 3. The van der Waals surface area contributed by atoms with E-state index in [0.717, 1.165) is 22.3 Å². The number of hydrogen-bond acceptors (Lipinski definition) is 6. The van der Waals surface area contributed by atoms with Gasteiger partial charge in [-0.3, -0.25) is 0 Å². The van der Waals surface area contributed by atoms with Crippen LogP contribution in [0, 0.1) is 0 Å². The van der Waals surface area contributed by atoms with Crippen molar-refractivity contribution in [3.8, 4) is 11.1 Å². The number of benzene rings is 4. The Balaban J connectivity index is 1.19. The summed E-state index contributed by atoms with van der Waals surface area (Å²) in [7, 11) is 0. The first-order valence-corrected chi connectivity index (χ1v) is 12.6. The number of nitrogens with one attached hydrogen (secondary N) is 1. The average Bonchev–Trinajstić information content (AvgIpc) is 3.29. The molecule has 0 saturated heterocycles. The number of alkyl carbamates (subject to hydrolysis) is 1. The molecule has 3 N–H and O–H groups in total. The number of carboxylic acids is 2. The second kappa shape index (κ2) is 11.6. The van der Waals surface area contributed by atoms with Crippen LogP contribution in [0.25, 0.3) is 11.1 Å². The number of amides is 1. The maximum atomic E-state index is 12.6. The molecule has 1 aliphatic rings. The molecule has 1 amide bonds. The number of azo groups is 1. The van der Waals surface area contributed by atoms with Crippen LogP contribution < -0.4 is 5.32 Å². The Morgan fingerprint density at radius 1 is 0.775 bits per heavy atom. The predicted octanol–water partition coefficient (Wildman–Crippen LogP) is 6.33. The topological polar surface area (TPSA) is 138 Å². The summed E-state index contributed by atoms with van der Waals surface area (Å²) in [5.74, 6) is -2.37. The van der Waals surface area contributed by atoms with Crippen LogP contribution in [0.2, 0.25) is 0 Å². The lowest BCUT2D eigenvalue weighted by atomic mass is 9.98. The minimum absolute atomic E-state index is 0.0393. The summed E-state index contributed by atoms with van der Waals surface area (Å²) in [5.41, 5.74) is 6.01. The lowest BCUT2D eigenvalue weighted by Gasteiger charge is -2.17. The van der Waals surface area contributed by atoms with E-state index in [1.807, 2.05) is 48.5 Å². The van der Waals surface area contributed by atoms with Crippen LogP contribution in [-0.4, -0.2) is 40.9 Å². The smallest absolute Gasteiger partial charge is 0.407 e. The van der Waals surface area contributed by atoms with Gasteiger partial charge in [-0.2, -0.15) is 10.2 Å². The minimum atomic E-state index is -1.19. The van der Waals surface area contributed by atoms with E-state index in [4.69, 9.17) is 9.84 Å². The van der Waals surface area contributed by atoms with Crippen molar-refractivity contribution in [1.82, 2.24) is 5.32 Å². The van der Waals surface area contributed by atoms with Crippen LogP contribution in [0.1, 0.15) is 33.0 Å². The third-order valence-corrected chi connectivity index (χ3v) is 6.68. The number of carbonyl (C=O) groups excluding carboxylic acids is 1. The van der Waals surface area contributed by atoms with Crippen molar-refractivity contribution in [2.75, 3.05) is 6.61 Å². The second-order valence-electron chi connectivity index (χ2n) is 9.29. The van der Waals surface area contributed by atoms with Crippen molar-refractivity contribution in [3.63, 3.8) is 0 Å². The normalized spacial score (nSPS) is 12.9. The molecule has 40 heavy (non-hydrogen) atoms. The number of hydrogen-bond donors (Lipinski definition) is 3. The van der Waals surface area contributed by atoms with Gasteiger partial charge in [0.1, 0.15) is 12.6 Å². The predicted molar refractivity (Wildman–Crippen MR) is 147 cm³/mol. The van der Waals surface area contributed by atoms with E-state index >= 15 is 0 Å². The van der Waals surface area contributed by atoms with Gasteiger partial charge in [-0.15, -0.1) is 0 Å². The number of aromatic carboxylic acids is 1. The van der Waals surface area contributed by atoms with E-state index in [2.05, 4.69) is 15.5 Å².